The quantitative estimate of drug-likeness (QED) is 0.487. The normalized spacial score (nSPS) is 13.5. The Morgan fingerprint density at radius 1 is 1.35 bits per heavy atom. The lowest BCUT2D eigenvalue weighted by molar-refractivity contribution is -0.140. The summed E-state index contributed by atoms with van der Waals surface area (Å²) in [4.78, 5) is 32.7. The average molecular weight is 263 g/mol. The molecule has 0 aliphatic heterocycles. The van der Waals surface area contributed by atoms with E-state index >= 15 is 0 Å². The smallest absolute Gasteiger partial charge is 0.326 e. The van der Waals surface area contributed by atoms with Gasteiger partial charge in [-0.3, -0.25) is 4.79 Å². The highest BCUT2D eigenvalue weighted by molar-refractivity contribution is 7.98. The number of nitrogens with two attached hydrogens (primary N) is 1. The third kappa shape index (κ3) is 7.45. The summed E-state index contributed by atoms with van der Waals surface area (Å²) in [5.74, 6) is -1.37. The van der Waals surface area contributed by atoms with Gasteiger partial charge in [0.2, 0.25) is 5.91 Å². The highest BCUT2D eigenvalue weighted by Gasteiger charge is 2.22. The summed E-state index contributed by atoms with van der Waals surface area (Å²) < 4.78 is 0. The molecule has 0 rings (SSSR count). The summed E-state index contributed by atoms with van der Waals surface area (Å²) in [6, 6.07) is -2.01. The Bertz CT molecular complexity index is 298. The van der Waals surface area contributed by atoms with Gasteiger partial charge in [-0.1, -0.05) is 0 Å². The molecule has 0 saturated heterocycles. The van der Waals surface area contributed by atoms with Gasteiger partial charge in [-0.05, 0) is 13.2 Å². The largest absolute Gasteiger partial charge is 0.480 e. The summed E-state index contributed by atoms with van der Waals surface area (Å²) in [7, 11) is 0. The van der Waals surface area contributed by atoms with Crippen molar-refractivity contribution in [2.45, 2.75) is 25.4 Å². The molecular formula is C9H17N3O4S. The number of hydrogen-bond donors (Lipinski definition) is 4. The monoisotopic (exact) mass is 263 g/mol. The lowest BCUT2D eigenvalue weighted by Crippen LogP contribution is -2.50. The zero-order chi connectivity index (χ0) is 13.4. The molecule has 0 bridgehead atoms. The minimum absolute atomic E-state index is 0.0898. The molecule has 0 saturated carbocycles. The number of carboxylic acids is 1. The molecule has 0 heterocycles. The van der Waals surface area contributed by atoms with E-state index in [0.29, 0.717) is 5.75 Å². The van der Waals surface area contributed by atoms with Crippen LogP contribution in [0.5, 0.6) is 0 Å². The average Bonchev–Trinajstić information content (AvgIpc) is 2.15. The molecule has 0 aromatic rings. The summed E-state index contributed by atoms with van der Waals surface area (Å²) >= 11 is 1.55. The van der Waals surface area contributed by atoms with Gasteiger partial charge in [0, 0.05) is 11.8 Å². The number of carbonyl (C=O) groups is 3. The summed E-state index contributed by atoms with van der Waals surface area (Å²) in [5, 5.41) is 13.5. The molecular weight excluding hydrogens is 246 g/mol. The van der Waals surface area contributed by atoms with Crippen LogP contribution in [0, 0.1) is 0 Å². The van der Waals surface area contributed by atoms with Crippen LogP contribution in [0.3, 0.4) is 0 Å². The second-order valence-electron chi connectivity index (χ2n) is 3.54. The summed E-state index contributed by atoms with van der Waals surface area (Å²) in [5.41, 5.74) is 4.88. The number of urea groups is 1. The molecule has 7 nitrogen and oxygen atoms in total. The number of thioether (sulfide) groups is 1. The van der Waals surface area contributed by atoms with E-state index in [1.807, 2.05) is 6.26 Å². The van der Waals surface area contributed by atoms with Crippen molar-refractivity contribution in [3.05, 3.63) is 0 Å². The molecule has 0 aliphatic rings. The fourth-order valence-electron chi connectivity index (χ4n) is 1.12. The minimum Gasteiger partial charge on any atom is -0.480 e. The first-order valence-corrected chi connectivity index (χ1v) is 6.33. The molecule has 2 unspecified atom stereocenters. The van der Waals surface area contributed by atoms with Crippen molar-refractivity contribution in [3.8, 4) is 0 Å². The van der Waals surface area contributed by atoms with Gasteiger partial charge in [0.1, 0.15) is 6.04 Å². The number of carbonyl (C=O) groups excluding carboxylic acids is 2. The van der Waals surface area contributed by atoms with Gasteiger partial charge in [0.15, 0.2) is 0 Å². The van der Waals surface area contributed by atoms with Crippen molar-refractivity contribution in [1.29, 1.82) is 0 Å². The van der Waals surface area contributed by atoms with Crippen molar-refractivity contribution < 1.29 is 19.5 Å². The number of nitrogens with one attached hydrogen (secondary N) is 2. The molecule has 3 amide bonds. The van der Waals surface area contributed by atoms with Crippen LogP contribution in [0.4, 0.5) is 4.79 Å². The predicted molar refractivity (Wildman–Crippen MR) is 64.7 cm³/mol. The van der Waals surface area contributed by atoms with E-state index in [0.717, 1.165) is 0 Å². The lowest BCUT2D eigenvalue weighted by atomic mass is 10.2. The van der Waals surface area contributed by atoms with Crippen LogP contribution >= 0.6 is 11.8 Å². The molecule has 0 aromatic carbocycles. The molecule has 0 spiro atoms. The van der Waals surface area contributed by atoms with Gasteiger partial charge in [-0.2, -0.15) is 11.8 Å². The van der Waals surface area contributed by atoms with E-state index in [1.54, 1.807) is 18.7 Å². The molecule has 5 N–H and O–H groups in total. The third-order valence-corrected chi connectivity index (χ3v) is 2.64. The van der Waals surface area contributed by atoms with Crippen molar-refractivity contribution in [3.63, 3.8) is 0 Å². The van der Waals surface area contributed by atoms with Crippen molar-refractivity contribution in [2.24, 2.45) is 5.73 Å². The van der Waals surface area contributed by atoms with Crippen LogP contribution < -0.4 is 16.4 Å². The fourth-order valence-corrected chi connectivity index (χ4v) is 1.70. The SMILES string of the molecule is CSCC(C)NC(=O)NC(CC(N)=O)C(=O)O. The number of aliphatic carboxylic acids is 1. The van der Waals surface area contributed by atoms with E-state index < -0.39 is 30.4 Å². The van der Waals surface area contributed by atoms with Crippen molar-refractivity contribution in [2.75, 3.05) is 12.0 Å². The Balaban J connectivity index is 4.21. The second-order valence-corrected chi connectivity index (χ2v) is 4.45. The first-order chi connectivity index (χ1) is 7.86. The zero-order valence-electron chi connectivity index (χ0n) is 9.73. The van der Waals surface area contributed by atoms with Crippen LogP contribution in [0.1, 0.15) is 13.3 Å². The van der Waals surface area contributed by atoms with Gasteiger partial charge in [-0.15, -0.1) is 0 Å². The van der Waals surface area contributed by atoms with E-state index in [9.17, 15) is 14.4 Å². The van der Waals surface area contributed by atoms with E-state index in [4.69, 9.17) is 10.8 Å². The van der Waals surface area contributed by atoms with Gasteiger partial charge in [0.25, 0.3) is 0 Å². The first kappa shape index (κ1) is 15.6. The second kappa shape index (κ2) is 7.77. The van der Waals surface area contributed by atoms with Crippen LogP contribution in [-0.2, 0) is 9.59 Å². The maximum atomic E-state index is 11.4. The van der Waals surface area contributed by atoms with Gasteiger partial charge < -0.3 is 21.5 Å². The molecule has 0 fully saturated rings. The number of hydrogen-bond acceptors (Lipinski definition) is 4. The minimum atomic E-state index is -1.30. The Morgan fingerprint density at radius 2 is 1.94 bits per heavy atom. The summed E-state index contributed by atoms with van der Waals surface area (Å²) in [6.07, 6.45) is 1.46. The molecule has 17 heavy (non-hydrogen) atoms. The molecule has 98 valence electrons. The van der Waals surface area contributed by atoms with E-state index in [2.05, 4.69) is 10.6 Å². The van der Waals surface area contributed by atoms with E-state index in [-0.39, 0.29) is 6.04 Å². The Morgan fingerprint density at radius 3 is 2.35 bits per heavy atom. The maximum absolute atomic E-state index is 11.4. The standard InChI is InChI=1S/C9H17N3O4S/c1-5(4-17-2)11-9(16)12-6(8(14)15)3-7(10)13/h5-6H,3-4H2,1-2H3,(H2,10,13)(H,14,15)(H2,11,12,16). The Labute approximate surface area is 104 Å². The van der Waals surface area contributed by atoms with Crippen molar-refractivity contribution >= 4 is 29.7 Å². The topological polar surface area (TPSA) is 122 Å². The lowest BCUT2D eigenvalue weighted by Gasteiger charge is -2.16. The highest BCUT2D eigenvalue weighted by atomic mass is 32.2. The summed E-state index contributed by atoms with van der Waals surface area (Å²) in [6.45, 7) is 1.79. The molecule has 2 atom stereocenters. The van der Waals surface area contributed by atoms with Gasteiger partial charge in [0.05, 0.1) is 6.42 Å². The highest BCUT2D eigenvalue weighted by Crippen LogP contribution is 1.96. The molecule has 0 radical (unpaired) electrons. The first-order valence-electron chi connectivity index (χ1n) is 4.94. The van der Waals surface area contributed by atoms with Gasteiger partial charge in [-0.25, -0.2) is 9.59 Å². The Kier molecular flexibility index (Phi) is 7.11. The number of amides is 3. The van der Waals surface area contributed by atoms with Gasteiger partial charge >= 0.3 is 12.0 Å². The van der Waals surface area contributed by atoms with E-state index in [1.165, 1.54) is 0 Å². The van der Waals surface area contributed by atoms with Crippen molar-refractivity contribution in [1.82, 2.24) is 10.6 Å². The number of rotatable bonds is 7. The third-order valence-electron chi connectivity index (χ3n) is 1.80. The molecule has 8 heteroatoms. The number of primary amides is 1. The number of carboxylic acid groups (broad SMARTS) is 1. The van der Waals surface area contributed by atoms with Crippen LogP contribution in [-0.4, -0.2) is 47.1 Å². The van der Waals surface area contributed by atoms with Crippen LogP contribution in [0.15, 0.2) is 0 Å². The maximum Gasteiger partial charge on any atom is 0.326 e. The Hall–Kier alpha value is -1.44. The molecule has 0 aromatic heterocycles. The predicted octanol–water partition coefficient (Wildman–Crippen LogP) is -0.634. The fraction of sp³-hybridized carbons (Fsp3) is 0.667. The molecule has 0 aliphatic carbocycles. The zero-order valence-corrected chi connectivity index (χ0v) is 10.5. The van der Waals surface area contributed by atoms with Crippen LogP contribution in [0.25, 0.3) is 0 Å². The van der Waals surface area contributed by atoms with Crippen LogP contribution in [0.2, 0.25) is 0 Å².